The zero-order chi connectivity index (χ0) is 20.2. The Morgan fingerprint density at radius 3 is 2.22 bits per heavy atom. The van der Waals surface area contributed by atoms with Gasteiger partial charge in [0.15, 0.2) is 5.75 Å². The summed E-state index contributed by atoms with van der Waals surface area (Å²) in [4.78, 5) is 12.5. The predicted octanol–water partition coefficient (Wildman–Crippen LogP) is 4.02. The van der Waals surface area contributed by atoms with E-state index in [1.54, 1.807) is 6.07 Å². The summed E-state index contributed by atoms with van der Waals surface area (Å²) in [7, 11) is -0.638. The summed E-state index contributed by atoms with van der Waals surface area (Å²) in [5.74, 6) is 0.0123. The molecule has 0 unspecified atom stereocenters. The van der Waals surface area contributed by atoms with Crippen LogP contribution in [0, 0.1) is 0 Å². The highest BCUT2D eigenvalue weighted by atomic mass is 35.5. The summed E-state index contributed by atoms with van der Waals surface area (Å²) in [5.41, 5.74) is 0.910. The Kier molecular flexibility index (Phi) is 6.80. The lowest BCUT2D eigenvalue weighted by atomic mass is 10.2. The number of nitrogens with one attached hydrogen (secondary N) is 2. The first-order valence-corrected chi connectivity index (χ1v) is 10.1. The van der Waals surface area contributed by atoms with E-state index in [-0.39, 0.29) is 38.5 Å². The predicted molar refractivity (Wildman–Crippen MR) is 107 cm³/mol. The zero-order valence-electron chi connectivity index (χ0n) is 14.8. The van der Waals surface area contributed by atoms with Gasteiger partial charge in [0.25, 0.3) is 5.91 Å². The van der Waals surface area contributed by atoms with E-state index in [4.69, 9.17) is 32.7 Å². The molecule has 7 nitrogen and oxygen atoms in total. The summed E-state index contributed by atoms with van der Waals surface area (Å²) in [5, 5.41) is 3.09. The van der Waals surface area contributed by atoms with Gasteiger partial charge in [-0.15, -0.1) is 0 Å². The fourth-order valence-electron chi connectivity index (χ4n) is 2.18. The van der Waals surface area contributed by atoms with Crippen molar-refractivity contribution >= 4 is 50.5 Å². The third-order valence-corrected chi connectivity index (χ3v) is 5.42. The molecule has 0 aliphatic heterocycles. The van der Waals surface area contributed by atoms with E-state index >= 15 is 0 Å². The molecule has 0 aliphatic rings. The van der Waals surface area contributed by atoms with Crippen LogP contribution in [0.4, 0.5) is 11.4 Å². The first-order chi connectivity index (χ1) is 12.7. The largest absolute Gasteiger partial charge is 0.494 e. The first-order valence-electron chi connectivity index (χ1n) is 7.73. The average Bonchev–Trinajstić information content (AvgIpc) is 2.62. The van der Waals surface area contributed by atoms with Gasteiger partial charge in [0.2, 0.25) is 10.0 Å². The number of ether oxygens (including phenoxy) is 2. The fraction of sp³-hybridized carbons (Fsp3) is 0.235. The maximum atomic E-state index is 12.5. The minimum absolute atomic E-state index is 0.0758. The minimum Gasteiger partial charge on any atom is -0.494 e. The molecule has 0 saturated heterocycles. The number of benzene rings is 2. The lowest BCUT2D eigenvalue weighted by Crippen LogP contribution is -2.16. The number of carbonyl (C=O) groups is 1. The Bertz CT molecular complexity index is 941. The maximum Gasteiger partial charge on any atom is 0.255 e. The van der Waals surface area contributed by atoms with Gasteiger partial charge in [-0.25, -0.2) is 8.42 Å². The first kappa shape index (κ1) is 21.1. The van der Waals surface area contributed by atoms with Crippen molar-refractivity contribution in [1.29, 1.82) is 0 Å². The second kappa shape index (κ2) is 8.69. The molecule has 0 aliphatic carbocycles. The van der Waals surface area contributed by atoms with E-state index in [1.807, 2.05) is 0 Å². The maximum absolute atomic E-state index is 12.5. The molecule has 2 aromatic carbocycles. The third kappa shape index (κ3) is 5.18. The van der Waals surface area contributed by atoms with Crippen molar-refractivity contribution < 1.29 is 22.7 Å². The van der Waals surface area contributed by atoms with Crippen molar-refractivity contribution in [2.45, 2.75) is 6.92 Å². The molecular formula is C17H18Cl2N2O5S. The van der Waals surface area contributed by atoms with E-state index in [1.165, 1.54) is 45.4 Å². The summed E-state index contributed by atoms with van der Waals surface area (Å²) in [6, 6.07) is 7.40. The highest BCUT2D eigenvalue weighted by molar-refractivity contribution is 7.92. The summed E-state index contributed by atoms with van der Waals surface area (Å²) >= 11 is 12.1. The van der Waals surface area contributed by atoms with Crippen LogP contribution in [0.5, 0.6) is 11.5 Å². The molecule has 2 aromatic rings. The second-order valence-corrected chi connectivity index (χ2v) is 8.17. The molecule has 0 heterocycles. The van der Waals surface area contributed by atoms with Crippen molar-refractivity contribution in [2.24, 2.45) is 0 Å². The van der Waals surface area contributed by atoms with Gasteiger partial charge in [0.1, 0.15) is 5.75 Å². The lowest BCUT2D eigenvalue weighted by Gasteiger charge is -2.13. The van der Waals surface area contributed by atoms with E-state index < -0.39 is 15.9 Å². The van der Waals surface area contributed by atoms with Gasteiger partial charge < -0.3 is 14.8 Å². The molecule has 0 aromatic heterocycles. The number of carbonyl (C=O) groups excluding carboxylic acids is 1. The van der Waals surface area contributed by atoms with E-state index in [0.29, 0.717) is 5.69 Å². The fourth-order valence-corrected chi connectivity index (χ4v) is 3.47. The number of methoxy groups -OCH3 is 2. The van der Waals surface area contributed by atoms with Crippen LogP contribution in [0.1, 0.15) is 17.3 Å². The molecule has 27 heavy (non-hydrogen) atoms. The summed E-state index contributed by atoms with van der Waals surface area (Å²) in [6.45, 7) is 1.52. The average molecular weight is 433 g/mol. The number of hydrogen-bond acceptors (Lipinski definition) is 5. The Balaban J connectivity index is 2.26. The van der Waals surface area contributed by atoms with Gasteiger partial charge in [-0.2, -0.15) is 0 Å². The number of rotatable bonds is 7. The van der Waals surface area contributed by atoms with Crippen molar-refractivity contribution in [3.05, 3.63) is 45.9 Å². The highest BCUT2D eigenvalue weighted by Crippen LogP contribution is 2.34. The van der Waals surface area contributed by atoms with Crippen LogP contribution in [0.3, 0.4) is 0 Å². The van der Waals surface area contributed by atoms with E-state index in [2.05, 4.69) is 10.0 Å². The number of anilines is 2. The SMILES string of the molecule is CCS(=O)(=O)Nc1ccc(NC(=O)c2cc(Cl)c(OC)c(Cl)c2)cc1OC. The highest BCUT2D eigenvalue weighted by Gasteiger charge is 2.16. The topological polar surface area (TPSA) is 93.7 Å². The van der Waals surface area contributed by atoms with Crippen molar-refractivity contribution in [2.75, 3.05) is 30.0 Å². The van der Waals surface area contributed by atoms with Crippen LogP contribution < -0.4 is 19.5 Å². The molecule has 146 valence electrons. The molecule has 1 amide bonds. The van der Waals surface area contributed by atoms with Crippen LogP contribution in [-0.4, -0.2) is 34.3 Å². The molecule has 0 saturated carbocycles. The van der Waals surface area contributed by atoms with Gasteiger partial charge in [-0.3, -0.25) is 9.52 Å². The molecule has 0 fully saturated rings. The Morgan fingerprint density at radius 2 is 1.70 bits per heavy atom. The molecule has 2 rings (SSSR count). The van der Waals surface area contributed by atoms with Crippen LogP contribution in [0.25, 0.3) is 0 Å². The third-order valence-electron chi connectivity index (χ3n) is 3.57. The minimum atomic E-state index is -3.46. The van der Waals surface area contributed by atoms with Crippen LogP contribution in [-0.2, 0) is 10.0 Å². The number of sulfonamides is 1. The normalized spacial score (nSPS) is 11.0. The van der Waals surface area contributed by atoms with Gasteiger partial charge in [-0.1, -0.05) is 23.2 Å². The van der Waals surface area contributed by atoms with Gasteiger partial charge in [0.05, 0.1) is 35.7 Å². The summed E-state index contributed by atoms with van der Waals surface area (Å²) < 4.78 is 36.1. The van der Waals surface area contributed by atoms with Gasteiger partial charge in [0, 0.05) is 17.3 Å². The Hall–Kier alpha value is -2.16. The molecule has 0 atom stereocenters. The number of hydrogen-bond donors (Lipinski definition) is 2. The monoisotopic (exact) mass is 432 g/mol. The van der Waals surface area contributed by atoms with Crippen molar-refractivity contribution in [1.82, 2.24) is 0 Å². The molecule has 10 heteroatoms. The van der Waals surface area contributed by atoms with Gasteiger partial charge in [-0.05, 0) is 31.2 Å². The van der Waals surface area contributed by atoms with Crippen LogP contribution in [0.2, 0.25) is 10.0 Å². The molecule has 0 bridgehead atoms. The Labute approximate surface area is 167 Å². The molecule has 0 spiro atoms. The standard InChI is InChI=1S/C17H18Cl2N2O5S/c1-4-27(23,24)21-14-6-5-11(9-15(14)25-2)20-17(22)10-7-12(18)16(26-3)13(19)8-10/h5-9,21H,4H2,1-3H3,(H,20,22). The second-order valence-electron chi connectivity index (χ2n) is 5.35. The van der Waals surface area contributed by atoms with E-state index in [9.17, 15) is 13.2 Å². The summed E-state index contributed by atoms with van der Waals surface area (Å²) in [6.07, 6.45) is 0. The zero-order valence-corrected chi connectivity index (χ0v) is 17.1. The lowest BCUT2D eigenvalue weighted by molar-refractivity contribution is 0.102. The van der Waals surface area contributed by atoms with E-state index in [0.717, 1.165) is 0 Å². The van der Waals surface area contributed by atoms with Crippen LogP contribution >= 0.6 is 23.2 Å². The quantitative estimate of drug-likeness (QED) is 0.688. The van der Waals surface area contributed by atoms with Crippen LogP contribution in [0.15, 0.2) is 30.3 Å². The smallest absolute Gasteiger partial charge is 0.255 e. The van der Waals surface area contributed by atoms with Gasteiger partial charge >= 0.3 is 0 Å². The molecular weight excluding hydrogens is 415 g/mol. The number of halogens is 2. The van der Waals surface area contributed by atoms with Crippen molar-refractivity contribution in [3.8, 4) is 11.5 Å². The van der Waals surface area contributed by atoms with Crippen molar-refractivity contribution in [3.63, 3.8) is 0 Å². The molecule has 0 radical (unpaired) electrons. The molecule has 2 N–H and O–H groups in total. The Morgan fingerprint density at radius 1 is 1.07 bits per heavy atom. The number of amides is 1.